The van der Waals surface area contributed by atoms with Crippen LogP contribution in [0.3, 0.4) is 0 Å². The summed E-state index contributed by atoms with van der Waals surface area (Å²) in [6.45, 7) is 0.943. The molecule has 0 bridgehead atoms. The fraction of sp³-hybridized carbons (Fsp3) is 0.357. The minimum atomic E-state index is -0.639. The number of piperidine rings is 1. The molecule has 2 saturated heterocycles. The fourth-order valence-electron chi connectivity index (χ4n) is 6.36. The van der Waals surface area contributed by atoms with Crippen LogP contribution in [-0.4, -0.2) is 76.3 Å². The van der Waals surface area contributed by atoms with E-state index < -0.39 is 17.7 Å². The molecule has 2 N–H and O–H groups in total. The molecule has 3 aliphatic rings. The summed E-state index contributed by atoms with van der Waals surface area (Å²) < 4.78 is 32.3. The number of amides is 1. The topological polar surface area (TPSA) is 129 Å². The van der Waals surface area contributed by atoms with Crippen molar-refractivity contribution in [3.05, 3.63) is 71.0 Å². The molecule has 0 spiro atoms. The average molecular weight is 594 g/mol. The van der Waals surface area contributed by atoms with Gasteiger partial charge in [0.15, 0.2) is 17.5 Å². The van der Waals surface area contributed by atoms with Gasteiger partial charge in [0, 0.05) is 42.5 Å². The highest BCUT2D eigenvalue weighted by molar-refractivity contribution is 6.31. The summed E-state index contributed by atoms with van der Waals surface area (Å²) in [5, 5.41) is 21.2. The van der Waals surface area contributed by atoms with E-state index in [9.17, 15) is 9.90 Å². The van der Waals surface area contributed by atoms with Gasteiger partial charge in [-0.25, -0.2) is 18.7 Å². The predicted octanol–water partition coefficient (Wildman–Crippen LogP) is 3.86. The van der Waals surface area contributed by atoms with E-state index >= 15 is 8.78 Å². The molecule has 14 heteroatoms. The number of imidazole rings is 1. The van der Waals surface area contributed by atoms with Gasteiger partial charge >= 0.3 is 0 Å². The summed E-state index contributed by atoms with van der Waals surface area (Å²) in [5.41, 5.74) is 1.88. The number of aromatic amines is 1. The minimum Gasteiger partial charge on any atom is -0.391 e. The Kier molecular flexibility index (Phi) is 6.70. The van der Waals surface area contributed by atoms with Crippen LogP contribution in [0.1, 0.15) is 49.5 Å². The van der Waals surface area contributed by atoms with Crippen molar-refractivity contribution in [1.82, 2.24) is 40.1 Å². The van der Waals surface area contributed by atoms with E-state index in [1.165, 1.54) is 23.2 Å². The van der Waals surface area contributed by atoms with Gasteiger partial charge in [0.1, 0.15) is 12.2 Å². The monoisotopic (exact) mass is 593 g/mol. The number of fused-ring (bicyclic) bond motifs is 1. The number of anilines is 1. The second-order valence-corrected chi connectivity index (χ2v) is 11.2. The van der Waals surface area contributed by atoms with Crippen molar-refractivity contribution < 1.29 is 18.7 Å². The largest absolute Gasteiger partial charge is 0.391 e. The third kappa shape index (κ3) is 4.52. The summed E-state index contributed by atoms with van der Waals surface area (Å²) in [7, 11) is 0. The van der Waals surface area contributed by atoms with Crippen molar-refractivity contribution >= 4 is 28.9 Å². The summed E-state index contributed by atoms with van der Waals surface area (Å²) >= 11 is 6.13. The SMILES string of the molecule is O=C1C=C(c2c(-n3cnnn3)ccc(Cl)c2F)C[C@H]2CC[C@@H](c3ncc(-c4ccnc(N5CCC[C@H](O)C5)c4F)[nH]3)N12. The van der Waals surface area contributed by atoms with Crippen molar-refractivity contribution in [3.8, 4) is 16.9 Å². The highest BCUT2D eigenvalue weighted by Gasteiger charge is 2.42. The fourth-order valence-corrected chi connectivity index (χ4v) is 6.51. The second-order valence-electron chi connectivity index (χ2n) is 10.8. The van der Waals surface area contributed by atoms with E-state index in [1.807, 2.05) is 0 Å². The third-order valence-corrected chi connectivity index (χ3v) is 8.56. The standard InChI is InChI=1S/C28H26ClF2N9O2/c29-19-4-6-21(39-14-34-36-37-39)24(26(19)31)15-10-16-3-5-22(40(16)23(42)11-15)27-33-12-20(35-27)18-7-8-32-28(25(18)30)38-9-1-2-17(41)13-38/h4,6-8,11-12,14,16-17,22,41H,1-3,5,9-10,13H2,(H,33,35)/t16-,17+,22+/m1/s1. The first kappa shape index (κ1) is 26.7. The van der Waals surface area contributed by atoms with Crippen LogP contribution >= 0.6 is 11.6 Å². The maximum atomic E-state index is 15.6. The second kappa shape index (κ2) is 10.6. The lowest BCUT2D eigenvalue weighted by atomic mass is 9.92. The molecule has 11 nitrogen and oxygen atoms in total. The maximum absolute atomic E-state index is 15.6. The molecule has 1 aromatic carbocycles. The number of carbonyl (C=O) groups is 1. The molecule has 216 valence electrons. The number of H-pyrrole nitrogens is 1. The molecule has 0 unspecified atom stereocenters. The molecule has 6 heterocycles. The number of nitrogens with zero attached hydrogens (tertiary/aromatic N) is 8. The van der Waals surface area contributed by atoms with Crippen LogP contribution < -0.4 is 4.90 Å². The van der Waals surface area contributed by atoms with Crippen LogP contribution in [-0.2, 0) is 4.79 Å². The molecule has 2 fully saturated rings. The Morgan fingerprint density at radius 1 is 1.10 bits per heavy atom. The minimum absolute atomic E-state index is 0.0621. The van der Waals surface area contributed by atoms with Crippen LogP contribution in [0.15, 0.2) is 43.0 Å². The zero-order valence-corrected chi connectivity index (χ0v) is 23.0. The summed E-state index contributed by atoms with van der Waals surface area (Å²) in [6.07, 6.45) is 8.54. The zero-order chi connectivity index (χ0) is 29.0. The molecule has 0 aliphatic carbocycles. The van der Waals surface area contributed by atoms with Crippen LogP contribution in [0.5, 0.6) is 0 Å². The van der Waals surface area contributed by atoms with Crippen molar-refractivity contribution in [2.75, 3.05) is 18.0 Å². The number of β-amino-alcohol motifs (C(OH)–C–C–N with tert-alkyl or cyclic N) is 1. The van der Waals surface area contributed by atoms with E-state index in [1.54, 1.807) is 34.3 Å². The van der Waals surface area contributed by atoms with Crippen molar-refractivity contribution in [1.29, 1.82) is 0 Å². The van der Waals surface area contributed by atoms with Gasteiger partial charge < -0.3 is 19.9 Å². The number of carbonyl (C=O) groups excluding carboxylic acids is 1. The Labute approximate surface area is 243 Å². The molecule has 7 rings (SSSR count). The molecule has 3 atom stereocenters. The van der Waals surface area contributed by atoms with E-state index in [0.29, 0.717) is 67.1 Å². The molecule has 0 radical (unpaired) electrons. The Morgan fingerprint density at radius 3 is 2.79 bits per heavy atom. The van der Waals surface area contributed by atoms with E-state index in [-0.39, 0.29) is 34.4 Å². The third-order valence-electron chi connectivity index (χ3n) is 8.27. The molecule has 0 saturated carbocycles. The van der Waals surface area contributed by atoms with Gasteiger partial charge in [-0.15, -0.1) is 5.10 Å². The predicted molar refractivity (Wildman–Crippen MR) is 149 cm³/mol. The number of hydrogen-bond acceptors (Lipinski definition) is 8. The summed E-state index contributed by atoms with van der Waals surface area (Å²) in [5.74, 6) is -0.659. The molecular formula is C28H26ClF2N9O2. The van der Waals surface area contributed by atoms with Crippen LogP contribution in [0, 0.1) is 11.6 Å². The van der Waals surface area contributed by atoms with Crippen molar-refractivity contribution in [3.63, 3.8) is 0 Å². The number of benzene rings is 1. The number of halogens is 3. The number of aliphatic hydroxyl groups excluding tert-OH is 1. The summed E-state index contributed by atoms with van der Waals surface area (Å²) in [6, 6.07) is 4.09. The Balaban J connectivity index is 1.17. The first-order chi connectivity index (χ1) is 20.4. The number of pyridine rings is 1. The lowest BCUT2D eigenvalue weighted by Crippen LogP contribution is -2.39. The smallest absolute Gasteiger partial charge is 0.247 e. The van der Waals surface area contributed by atoms with E-state index in [0.717, 1.165) is 6.42 Å². The zero-order valence-electron chi connectivity index (χ0n) is 22.3. The first-order valence-corrected chi connectivity index (χ1v) is 14.1. The van der Waals surface area contributed by atoms with Gasteiger partial charge in [-0.3, -0.25) is 4.79 Å². The molecule has 1 amide bonds. The maximum Gasteiger partial charge on any atom is 0.247 e. The van der Waals surface area contributed by atoms with E-state index in [2.05, 4.69) is 30.5 Å². The van der Waals surface area contributed by atoms with Crippen molar-refractivity contribution in [2.45, 2.75) is 50.3 Å². The van der Waals surface area contributed by atoms with E-state index in [4.69, 9.17) is 11.6 Å². The molecular weight excluding hydrogens is 568 g/mol. The molecule has 3 aromatic heterocycles. The Hall–Kier alpha value is -4.23. The number of rotatable bonds is 5. The lowest BCUT2D eigenvalue weighted by molar-refractivity contribution is -0.129. The normalized spacial score (nSPS) is 22.4. The number of nitrogens with one attached hydrogen (secondary N) is 1. The molecule has 42 heavy (non-hydrogen) atoms. The van der Waals surface area contributed by atoms with Gasteiger partial charge in [0.25, 0.3) is 0 Å². The quantitative estimate of drug-likeness (QED) is 0.357. The van der Waals surface area contributed by atoms with Gasteiger partial charge in [-0.1, -0.05) is 11.6 Å². The van der Waals surface area contributed by atoms with Crippen LogP contribution in [0.2, 0.25) is 5.02 Å². The molecule has 4 aromatic rings. The van der Waals surface area contributed by atoms with Gasteiger partial charge in [0.05, 0.1) is 34.7 Å². The molecule has 3 aliphatic heterocycles. The Morgan fingerprint density at radius 2 is 1.98 bits per heavy atom. The number of aliphatic hydroxyl groups is 1. The van der Waals surface area contributed by atoms with Gasteiger partial charge in [-0.2, -0.15) is 4.68 Å². The lowest BCUT2D eigenvalue weighted by Gasteiger charge is -2.33. The van der Waals surface area contributed by atoms with Crippen LogP contribution in [0.4, 0.5) is 14.6 Å². The number of hydrogen-bond donors (Lipinski definition) is 2. The first-order valence-electron chi connectivity index (χ1n) is 13.8. The Bertz CT molecular complexity index is 1690. The van der Waals surface area contributed by atoms with Crippen molar-refractivity contribution in [2.24, 2.45) is 0 Å². The van der Waals surface area contributed by atoms with Gasteiger partial charge in [-0.05, 0) is 66.3 Å². The number of aromatic nitrogens is 7. The summed E-state index contributed by atoms with van der Waals surface area (Å²) in [4.78, 5) is 29.0. The number of tetrazole rings is 1. The average Bonchev–Trinajstić information content (AvgIpc) is 3.76. The van der Waals surface area contributed by atoms with Gasteiger partial charge in [0.2, 0.25) is 5.91 Å². The highest BCUT2D eigenvalue weighted by atomic mass is 35.5. The van der Waals surface area contributed by atoms with Crippen LogP contribution in [0.25, 0.3) is 22.5 Å². The highest BCUT2D eigenvalue weighted by Crippen LogP contribution is 2.44.